The molecule has 1 saturated carbocycles. The molecule has 1 aliphatic rings. The topological polar surface area (TPSA) is 15.3 Å². The van der Waals surface area contributed by atoms with Gasteiger partial charge >= 0.3 is 0 Å². The van der Waals surface area contributed by atoms with Gasteiger partial charge in [-0.1, -0.05) is 18.2 Å². The van der Waals surface area contributed by atoms with Crippen molar-refractivity contribution in [2.24, 2.45) is 0 Å². The van der Waals surface area contributed by atoms with Crippen LogP contribution in [0.1, 0.15) is 31.2 Å². The first-order chi connectivity index (χ1) is 9.07. The summed E-state index contributed by atoms with van der Waals surface area (Å²) < 4.78 is 14.2. The molecule has 3 heteroatoms. The van der Waals surface area contributed by atoms with E-state index in [9.17, 15) is 4.39 Å². The molecule has 2 rings (SSSR count). The summed E-state index contributed by atoms with van der Waals surface area (Å²) in [7, 11) is 6.17. The highest BCUT2D eigenvalue weighted by Crippen LogP contribution is 2.41. The summed E-state index contributed by atoms with van der Waals surface area (Å²) in [5.41, 5.74) is 0.876. The molecule has 0 unspecified atom stereocenters. The Morgan fingerprint density at radius 1 is 1.26 bits per heavy atom. The molecule has 0 radical (unpaired) electrons. The van der Waals surface area contributed by atoms with E-state index in [4.69, 9.17) is 0 Å². The molecule has 1 N–H and O–H groups in total. The van der Waals surface area contributed by atoms with E-state index in [0.29, 0.717) is 6.04 Å². The van der Waals surface area contributed by atoms with Crippen molar-refractivity contribution in [2.45, 2.75) is 37.1 Å². The lowest BCUT2D eigenvalue weighted by atomic mass is 9.67. The maximum Gasteiger partial charge on any atom is 0.127 e. The number of nitrogens with zero attached hydrogens (tertiary/aromatic N) is 1. The predicted molar refractivity (Wildman–Crippen MR) is 77.9 cm³/mol. The summed E-state index contributed by atoms with van der Waals surface area (Å²) in [4.78, 5) is 2.19. The molecule has 0 amide bonds. The van der Waals surface area contributed by atoms with E-state index in [2.05, 4.69) is 24.3 Å². The number of hydrogen-bond donors (Lipinski definition) is 1. The molecule has 0 aliphatic heterocycles. The van der Waals surface area contributed by atoms with E-state index in [0.717, 1.165) is 37.8 Å². The van der Waals surface area contributed by atoms with Gasteiger partial charge in [0, 0.05) is 18.0 Å². The van der Waals surface area contributed by atoms with Gasteiger partial charge in [0.05, 0.1) is 0 Å². The third-order valence-electron chi connectivity index (χ3n) is 4.42. The first-order valence-corrected chi connectivity index (χ1v) is 7.14. The highest BCUT2D eigenvalue weighted by molar-refractivity contribution is 5.28. The normalized spacial score (nSPS) is 27.7. The number of likely N-dealkylation sites (N-methyl/N-ethyl adjacent to an activating group) is 1. The third kappa shape index (κ3) is 3.15. The molecule has 0 bridgehead atoms. The smallest absolute Gasteiger partial charge is 0.127 e. The fraction of sp³-hybridized carbons (Fsp3) is 0.625. The lowest BCUT2D eigenvalue weighted by molar-refractivity contribution is 0.190. The van der Waals surface area contributed by atoms with Gasteiger partial charge in [-0.2, -0.15) is 0 Å². The molecular weight excluding hydrogens is 239 g/mol. The Morgan fingerprint density at radius 3 is 2.42 bits per heavy atom. The largest absolute Gasteiger partial charge is 0.317 e. The van der Waals surface area contributed by atoms with Crippen LogP contribution in [0.15, 0.2) is 24.3 Å². The Labute approximate surface area is 116 Å². The van der Waals surface area contributed by atoms with Crippen molar-refractivity contribution >= 4 is 0 Å². The van der Waals surface area contributed by atoms with E-state index in [1.807, 2.05) is 19.2 Å². The van der Waals surface area contributed by atoms with Gasteiger partial charge < -0.3 is 10.2 Å². The minimum atomic E-state index is -0.0488. The summed E-state index contributed by atoms with van der Waals surface area (Å²) in [5, 5.41) is 3.35. The summed E-state index contributed by atoms with van der Waals surface area (Å²) >= 11 is 0. The van der Waals surface area contributed by atoms with Crippen LogP contribution in [-0.2, 0) is 5.41 Å². The van der Waals surface area contributed by atoms with Gasteiger partial charge in [0.25, 0.3) is 0 Å². The fourth-order valence-corrected chi connectivity index (χ4v) is 3.47. The van der Waals surface area contributed by atoms with Crippen molar-refractivity contribution in [1.29, 1.82) is 0 Å². The maximum absolute atomic E-state index is 14.2. The van der Waals surface area contributed by atoms with E-state index < -0.39 is 0 Å². The molecule has 0 spiro atoms. The molecule has 1 aromatic carbocycles. The second-order valence-corrected chi connectivity index (χ2v) is 6.06. The zero-order valence-electron chi connectivity index (χ0n) is 12.2. The number of halogens is 1. The minimum absolute atomic E-state index is 0.0256. The first-order valence-electron chi connectivity index (χ1n) is 7.14. The van der Waals surface area contributed by atoms with Crippen molar-refractivity contribution in [2.75, 3.05) is 27.7 Å². The van der Waals surface area contributed by atoms with Gasteiger partial charge in [-0.3, -0.25) is 0 Å². The van der Waals surface area contributed by atoms with Crippen LogP contribution in [0.5, 0.6) is 0 Å². The highest BCUT2D eigenvalue weighted by Gasteiger charge is 2.38. The van der Waals surface area contributed by atoms with Crippen LogP contribution >= 0.6 is 0 Å². The maximum atomic E-state index is 14.2. The van der Waals surface area contributed by atoms with Gasteiger partial charge in [0.15, 0.2) is 0 Å². The molecule has 2 nitrogen and oxygen atoms in total. The molecule has 1 aliphatic carbocycles. The van der Waals surface area contributed by atoms with Gasteiger partial charge in [0.1, 0.15) is 5.82 Å². The Balaban J connectivity index is 2.29. The van der Waals surface area contributed by atoms with Gasteiger partial charge in [-0.25, -0.2) is 4.39 Å². The van der Waals surface area contributed by atoms with Crippen molar-refractivity contribution < 1.29 is 4.39 Å². The molecular formula is C16H25FN2. The predicted octanol–water partition coefficient (Wildman–Crippen LogP) is 2.79. The standard InChI is InChI=1S/C16H25FN2/c1-18-13-8-10-16(11-9-13,12-19(2)3)14-6-4-5-7-15(14)17/h4-7,13,18H,8-12H2,1-3H3. The molecule has 0 heterocycles. The molecule has 0 aromatic heterocycles. The van der Waals surface area contributed by atoms with Crippen molar-refractivity contribution in [3.05, 3.63) is 35.6 Å². The SMILES string of the molecule is CNC1CCC(CN(C)C)(c2ccccc2F)CC1. The number of benzene rings is 1. The van der Waals surface area contributed by atoms with Crippen LogP contribution < -0.4 is 5.32 Å². The van der Waals surface area contributed by atoms with Gasteiger partial charge in [0.2, 0.25) is 0 Å². The Hall–Kier alpha value is -0.930. The molecule has 1 fully saturated rings. The molecule has 19 heavy (non-hydrogen) atoms. The van der Waals surface area contributed by atoms with Gasteiger partial charge in [-0.05, 0) is 58.5 Å². The summed E-state index contributed by atoms with van der Waals surface area (Å²) in [5.74, 6) is -0.0488. The molecule has 1 aromatic rings. The monoisotopic (exact) mass is 264 g/mol. The van der Waals surface area contributed by atoms with Crippen LogP contribution in [0.2, 0.25) is 0 Å². The van der Waals surface area contributed by atoms with E-state index >= 15 is 0 Å². The molecule has 106 valence electrons. The van der Waals surface area contributed by atoms with E-state index in [1.165, 1.54) is 0 Å². The second-order valence-electron chi connectivity index (χ2n) is 6.06. The fourth-order valence-electron chi connectivity index (χ4n) is 3.47. The average molecular weight is 264 g/mol. The zero-order chi connectivity index (χ0) is 13.9. The van der Waals surface area contributed by atoms with Gasteiger partial charge in [-0.15, -0.1) is 0 Å². The zero-order valence-corrected chi connectivity index (χ0v) is 12.2. The summed E-state index contributed by atoms with van der Waals surface area (Å²) in [6.07, 6.45) is 4.35. The van der Waals surface area contributed by atoms with Crippen LogP contribution in [0.25, 0.3) is 0 Å². The summed E-state index contributed by atoms with van der Waals surface area (Å²) in [6.45, 7) is 0.921. The quantitative estimate of drug-likeness (QED) is 0.899. The molecule has 0 saturated heterocycles. The second kappa shape index (κ2) is 6.02. The minimum Gasteiger partial charge on any atom is -0.317 e. The number of rotatable bonds is 4. The Morgan fingerprint density at radius 2 is 1.89 bits per heavy atom. The van der Waals surface area contributed by atoms with Crippen LogP contribution in [0.3, 0.4) is 0 Å². The number of nitrogens with one attached hydrogen (secondary N) is 1. The van der Waals surface area contributed by atoms with E-state index in [-0.39, 0.29) is 11.2 Å². The average Bonchev–Trinajstić information content (AvgIpc) is 2.39. The molecule has 0 atom stereocenters. The first kappa shape index (κ1) is 14.5. The van der Waals surface area contributed by atoms with Crippen LogP contribution in [-0.4, -0.2) is 38.6 Å². The van der Waals surface area contributed by atoms with Crippen LogP contribution in [0.4, 0.5) is 4.39 Å². The van der Waals surface area contributed by atoms with Crippen molar-refractivity contribution in [1.82, 2.24) is 10.2 Å². The lowest BCUT2D eigenvalue weighted by Crippen LogP contribution is -2.44. The van der Waals surface area contributed by atoms with Crippen molar-refractivity contribution in [3.8, 4) is 0 Å². The highest BCUT2D eigenvalue weighted by atomic mass is 19.1. The van der Waals surface area contributed by atoms with E-state index in [1.54, 1.807) is 12.1 Å². The Kier molecular flexibility index (Phi) is 4.58. The summed E-state index contributed by atoms with van der Waals surface area (Å²) in [6, 6.07) is 7.89. The lowest BCUT2D eigenvalue weighted by Gasteiger charge is -2.42. The van der Waals surface area contributed by atoms with Crippen molar-refractivity contribution in [3.63, 3.8) is 0 Å². The third-order valence-corrected chi connectivity index (χ3v) is 4.42. The number of hydrogen-bond acceptors (Lipinski definition) is 2. The Bertz CT molecular complexity index is 409. The van der Waals surface area contributed by atoms with Crippen LogP contribution in [0, 0.1) is 5.82 Å².